The molecule has 0 aromatic heterocycles. The van der Waals surface area contributed by atoms with Gasteiger partial charge in [0, 0.05) is 5.92 Å². The van der Waals surface area contributed by atoms with Gasteiger partial charge in [-0.3, -0.25) is 13.6 Å². The second kappa shape index (κ2) is 19.9. The van der Waals surface area contributed by atoms with E-state index in [1.807, 2.05) is 159 Å². The molecule has 278 valence electrons. The van der Waals surface area contributed by atoms with E-state index in [0.29, 0.717) is 0 Å². The van der Waals surface area contributed by atoms with E-state index in [1.54, 1.807) is 0 Å². The second-order valence-corrected chi connectivity index (χ2v) is 14.6. The average Bonchev–Trinajstić information content (AvgIpc) is 3.21. The fourth-order valence-electron chi connectivity index (χ4n) is 6.17. The molecule has 1 N–H and O–H groups in total. The minimum absolute atomic E-state index is 0.0393. The van der Waals surface area contributed by atoms with Gasteiger partial charge in [-0.15, -0.1) is 0 Å². The van der Waals surface area contributed by atoms with Gasteiger partial charge in [0.15, 0.2) is 6.29 Å². The predicted octanol–water partition coefficient (Wildman–Crippen LogP) is 8.65. The molecule has 0 unspecified atom stereocenters. The fraction of sp³-hybridized carbons (Fsp3) is 0.302. The van der Waals surface area contributed by atoms with Crippen LogP contribution in [0.2, 0.25) is 0 Å². The molecule has 5 aromatic rings. The molecule has 9 nitrogen and oxygen atoms in total. The number of hydrogen-bond acceptors (Lipinski definition) is 9. The standard InChI is InChI=1S/C43H47O9P/c1-33-40(39(27-44)46-28-34-17-7-2-8-18-34)51-43(42(48-30-36-21-11-4-12-22-36)41(33)47-29-35-19-9-3-10-20-35)52-53(45,49-31-37-23-13-5-14-24-37)50-32-38-25-15-6-16-26-38/h2-26,33,39-44H,27-32H2,1H3/t33-,39-,40+,41+,42+,43+/m1/s1. The van der Waals surface area contributed by atoms with E-state index < -0.39 is 38.5 Å². The first-order valence-electron chi connectivity index (χ1n) is 17.9. The highest BCUT2D eigenvalue weighted by Gasteiger charge is 2.51. The van der Waals surface area contributed by atoms with Crippen molar-refractivity contribution < 1.29 is 42.2 Å². The SMILES string of the molecule is C[C@H]1[C@H](OCc2ccccc2)[C@H](OCc2ccccc2)[C@H](OP(=O)(OCc2ccccc2)OCc2ccccc2)O[C@@H]1[C@@H](CO)OCc1ccccc1. The molecule has 6 atom stereocenters. The van der Waals surface area contributed by atoms with Crippen LogP contribution in [0.1, 0.15) is 34.7 Å². The Labute approximate surface area is 312 Å². The largest absolute Gasteiger partial charge is 0.477 e. The maximum absolute atomic E-state index is 14.7. The Balaban J connectivity index is 1.32. The summed E-state index contributed by atoms with van der Waals surface area (Å²) in [5, 5.41) is 10.7. The summed E-state index contributed by atoms with van der Waals surface area (Å²) in [5.41, 5.74) is 4.39. The number of hydrogen-bond donors (Lipinski definition) is 1. The Hall–Kier alpha value is -3.99. The number of rotatable bonds is 19. The van der Waals surface area contributed by atoms with Crippen LogP contribution in [-0.2, 0) is 70.1 Å². The summed E-state index contributed by atoms with van der Waals surface area (Å²) in [6, 6.07) is 48.0. The number of aliphatic hydroxyl groups excluding tert-OH is 1. The Kier molecular flexibility index (Phi) is 14.5. The van der Waals surface area contributed by atoms with Gasteiger partial charge in [0.1, 0.15) is 12.2 Å². The van der Waals surface area contributed by atoms with Crippen LogP contribution in [0.15, 0.2) is 152 Å². The molecule has 10 heteroatoms. The monoisotopic (exact) mass is 738 g/mol. The van der Waals surface area contributed by atoms with Crippen molar-refractivity contribution in [2.75, 3.05) is 6.61 Å². The van der Waals surface area contributed by atoms with Crippen LogP contribution in [0.3, 0.4) is 0 Å². The summed E-state index contributed by atoms with van der Waals surface area (Å²) in [6.45, 7) is 2.26. The second-order valence-electron chi connectivity index (χ2n) is 12.9. The van der Waals surface area contributed by atoms with E-state index in [-0.39, 0.29) is 45.6 Å². The predicted molar refractivity (Wildman–Crippen MR) is 201 cm³/mol. The van der Waals surface area contributed by atoms with Crippen molar-refractivity contribution in [1.29, 1.82) is 0 Å². The maximum atomic E-state index is 14.7. The zero-order chi connectivity index (χ0) is 36.7. The van der Waals surface area contributed by atoms with E-state index >= 15 is 0 Å². The zero-order valence-electron chi connectivity index (χ0n) is 29.8. The van der Waals surface area contributed by atoms with Gasteiger partial charge in [0.05, 0.1) is 51.8 Å². The van der Waals surface area contributed by atoms with Gasteiger partial charge in [0.25, 0.3) is 0 Å². The minimum Gasteiger partial charge on any atom is -0.394 e. The lowest BCUT2D eigenvalue weighted by Crippen LogP contribution is -2.59. The molecule has 5 aromatic carbocycles. The molecule has 1 fully saturated rings. The Morgan fingerprint density at radius 3 is 1.36 bits per heavy atom. The van der Waals surface area contributed by atoms with E-state index in [1.165, 1.54) is 0 Å². The van der Waals surface area contributed by atoms with Gasteiger partial charge in [-0.05, 0) is 27.8 Å². The lowest BCUT2D eigenvalue weighted by Gasteiger charge is -2.47. The lowest BCUT2D eigenvalue weighted by molar-refractivity contribution is -0.303. The van der Waals surface area contributed by atoms with Crippen molar-refractivity contribution in [3.8, 4) is 0 Å². The van der Waals surface area contributed by atoms with Crippen LogP contribution >= 0.6 is 7.82 Å². The van der Waals surface area contributed by atoms with Crippen LogP contribution in [0, 0.1) is 5.92 Å². The van der Waals surface area contributed by atoms with E-state index in [4.69, 9.17) is 32.5 Å². The average molecular weight is 739 g/mol. The van der Waals surface area contributed by atoms with Gasteiger partial charge >= 0.3 is 7.82 Å². The van der Waals surface area contributed by atoms with Crippen LogP contribution in [-0.4, -0.2) is 42.4 Å². The van der Waals surface area contributed by atoms with Crippen molar-refractivity contribution in [2.45, 2.75) is 70.7 Å². The van der Waals surface area contributed by atoms with Crippen molar-refractivity contribution >= 4 is 7.82 Å². The normalized spacial score (nSPS) is 20.9. The molecule has 0 amide bonds. The molecule has 1 saturated heterocycles. The number of benzene rings is 5. The first-order chi connectivity index (χ1) is 26.0. The Bertz CT molecular complexity index is 1750. The molecule has 1 aliphatic rings. The molecule has 1 aliphatic heterocycles. The van der Waals surface area contributed by atoms with Crippen molar-refractivity contribution in [3.05, 3.63) is 179 Å². The molecule has 0 bridgehead atoms. The zero-order valence-corrected chi connectivity index (χ0v) is 30.7. The van der Waals surface area contributed by atoms with Crippen LogP contribution in [0.5, 0.6) is 0 Å². The third-order valence-corrected chi connectivity index (χ3v) is 10.4. The topological polar surface area (TPSA) is 102 Å². The summed E-state index contributed by atoms with van der Waals surface area (Å²) < 4.78 is 59.4. The first-order valence-corrected chi connectivity index (χ1v) is 19.3. The molecular formula is C43H47O9P. The highest BCUT2D eigenvalue weighted by atomic mass is 31.2. The Morgan fingerprint density at radius 2 is 0.943 bits per heavy atom. The van der Waals surface area contributed by atoms with Crippen LogP contribution < -0.4 is 0 Å². The van der Waals surface area contributed by atoms with Crippen molar-refractivity contribution in [1.82, 2.24) is 0 Å². The van der Waals surface area contributed by atoms with E-state index in [2.05, 4.69) is 0 Å². The van der Waals surface area contributed by atoms with Crippen molar-refractivity contribution in [2.24, 2.45) is 5.92 Å². The van der Waals surface area contributed by atoms with E-state index in [9.17, 15) is 9.67 Å². The van der Waals surface area contributed by atoms with Gasteiger partial charge in [-0.25, -0.2) is 4.57 Å². The fourth-order valence-corrected chi connectivity index (χ4v) is 7.41. The van der Waals surface area contributed by atoms with Gasteiger partial charge in [-0.1, -0.05) is 159 Å². The minimum atomic E-state index is -4.37. The van der Waals surface area contributed by atoms with E-state index in [0.717, 1.165) is 27.8 Å². The molecular weight excluding hydrogens is 691 g/mol. The summed E-state index contributed by atoms with van der Waals surface area (Å²) in [7, 11) is -4.37. The van der Waals surface area contributed by atoms with Crippen LogP contribution in [0.4, 0.5) is 0 Å². The van der Waals surface area contributed by atoms with Gasteiger partial charge in [0.2, 0.25) is 0 Å². The van der Waals surface area contributed by atoms with Gasteiger partial charge in [-0.2, -0.15) is 0 Å². The smallest absolute Gasteiger partial charge is 0.394 e. The summed E-state index contributed by atoms with van der Waals surface area (Å²) >= 11 is 0. The number of phosphoric ester groups is 1. The molecule has 1 heterocycles. The molecule has 6 rings (SSSR count). The van der Waals surface area contributed by atoms with Crippen LogP contribution in [0.25, 0.3) is 0 Å². The van der Waals surface area contributed by atoms with Crippen molar-refractivity contribution in [3.63, 3.8) is 0 Å². The maximum Gasteiger partial charge on any atom is 0.477 e. The quantitative estimate of drug-likeness (QED) is 0.0835. The molecule has 0 spiro atoms. The third-order valence-electron chi connectivity index (χ3n) is 9.04. The lowest BCUT2D eigenvalue weighted by atomic mass is 9.87. The molecule has 0 saturated carbocycles. The number of ether oxygens (including phenoxy) is 4. The highest BCUT2D eigenvalue weighted by molar-refractivity contribution is 7.48. The third kappa shape index (κ3) is 11.5. The molecule has 0 aliphatic carbocycles. The molecule has 53 heavy (non-hydrogen) atoms. The summed E-state index contributed by atoms with van der Waals surface area (Å²) in [4.78, 5) is 0. The first kappa shape index (κ1) is 38.7. The highest BCUT2D eigenvalue weighted by Crippen LogP contribution is 2.54. The van der Waals surface area contributed by atoms with Gasteiger partial charge < -0.3 is 24.1 Å². The summed E-state index contributed by atoms with van der Waals surface area (Å²) in [6.07, 6.45) is -4.42. The molecule has 0 radical (unpaired) electrons. The number of phosphoric acid groups is 1. The Morgan fingerprint density at radius 1 is 0.566 bits per heavy atom. The summed E-state index contributed by atoms with van der Waals surface area (Å²) in [5.74, 6) is -0.373. The number of aliphatic hydroxyl groups is 1.